The largest absolute Gasteiger partial charge is 0.324 e. The Hall–Kier alpha value is -2.22. The van der Waals surface area contributed by atoms with Crippen molar-refractivity contribution in [1.82, 2.24) is 5.32 Å². The first-order valence-corrected chi connectivity index (χ1v) is 9.00. The van der Waals surface area contributed by atoms with Crippen LogP contribution in [0.1, 0.15) is 16.7 Å². The van der Waals surface area contributed by atoms with E-state index in [-0.39, 0.29) is 17.3 Å². The number of hydrogen-bond acceptors (Lipinski definition) is 4. The number of carbonyl (C=O) groups excluding carboxylic acids is 1. The molecule has 1 amide bonds. The van der Waals surface area contributed by atoms with E-state index in [1.165, 1.54) is 12.1 Å². The van der Waals surface area contributed by atoms with Gasteiger partial charge in [-0.05, 0) is 42.7 Å². The highest BCUT2D eigenvalue weighted by Crippen LogP contribution is 2.19. The van der Waals surface area contributed by atoms with Crippen LogP contribution in [0.3, 0.4) is 0 Å². The molecule has 0 aromatic heterocycles. The Bertz CT molecular complexity index is 810. The fourth-order valence-corrected chi connectivity index (χ4v) is 2.83. The van der Waals surface area contributed by atoms with Crippen molar-refractivity contribution in [3.05, 3.63) is 59.2 Å². The molecule has 0 radical (unpaired) electrons. The van der Waals surface area contributed by atoms with Gasteiger partial charge >= 0.3 is 0 Å². The van der Waals surface area contributed by atoms with Gasteiger partial charge in [-0.15, -0.1) is 0 Å². The van der Waals surface area contributed by atoms with Gasteiger partial charge in [0.25, 0.3) is 0 Å². The molecule has 0 bridgehead atoms. The van der Waals surface area contributed by atoms with Crippen molar-refractivity contribution in [2.75, 3.05) is 11.9 Å². The number of sulfonamides is 1. The molecule has 24 heavy (non-hydrogen) atoms. The number of carbonyl (C=O) groups is 1. The summed E-state index contributed by atoms with van der Waals surface area (Å²) in [5.41, 5.74) is 3.73. The number of amides is 1. The molecule has 6 nitrogen and oxygen atoms in total. The van der Waals surface area contributed by atoms with E-state index in [1.807, 2.05) is 32.0 Å². The van der Waals surface area contributed by atoms with E-state index in [1.54, 1.807) is 12.1 Å². The van der Waals surface area contributed by atoms with Gasteiger partial charge in [0.05, 0.1) is 11.4 Å². The van der Waals surface area contributed by atoms with Crippen molar-refractivity contribution >= 4 is 21.6 Å². The third-order valence-electron chi connectivity index (χ3n) is 3.61. The monoisotopic (exact) mass is 347 g/mol. The molecule has 0 aliphatic carbocycles. The molecular formula is C17H21N3O3S. The second-order valence-corrected chi connectivity index (χ2v) is 7.17. The number of anilines is 1. The Labute approximate surface area is 142 Å². The number of nitrogens with one attached hydrogen (secondary N) is 2. The average molecular weight is 347 g/mol. The van der Waals surface area contributed by atoms with Gasteiger partial charge in [0.2, 0.25) is 15.9 Å². The van der Waals surface area contributed by atoms with Gasteiger partial charge in [0.1, 0.15) is 0 Å². The SMILES string of the molecule is Cc1cccc(C)c1NC(=O)CNCc1ccc(S(N)(=O)=O)cc1. The quantitative estimate of drug-likeness (QED) is 0.740. The Kier molecular flexibility index (Phi) is 5.71. The van der Waals surface area contributed by atoms with E-state index in [2.05, 4.69) is 10.6 Å². The highest BCUT2D eigenvalue weighted by Gasteiger charge is 2.08. The van der Waals surface area contributed by atoms with Gasteiger partial charge in [0.15, 0.2) is 0 Å². The molecule has 0 spiro atoms. The van der Waals surface area contributed by atoms with E-state index in [0.29, 0.717) is 6.54 Å². The van der Waals surface area contributed by atoms with Crippen LogP contribution in [0.2, 0.25) is 0 Å². The van der Waals surface area contributed by atoms with Crippen LogP contribution >= 0.6 is 0 Å². The van der Waals surface area contributed by atoms with E-state index in [9.17, 15) is 13.2 Å². The molecule has 2 rings (SSSR count). The lowest BCUT2D eigenvalue weighted by Gasteiger charge is -2.12. The van der Waals surface area contributed by atoms with Gasteiger partial charge in [-0.1, -0.05) is 30.3 Å². The Morgan fingerprint density at radius 1 is 1.04 bits per heavy atom. The maximum atomic E-state index is 12.0. The predicted molar refractivity (Wildman–Crippen MR) is 94.1 cm³/mol. The number of rotatable bonds is 6. The summed E-state index contributed by atoms with van der Waals surface area (Å²) in [6, 6.07) is 12.1. The summed E-state index contributed by atoms with van der Waals surface area (Å²) in [5, 5.41) is 11.0. The van der Waals surface area contributed by atoms with Crippen molar-refractivity contribution in [2.45, 2.75) is 25.3 Å². The minimum absolute atomic E-state index is 0.0685. The highest BCUT2D eigenvalue weighted by atomic mass is 32.2. The molecule has 0 unspecified atom stereocenters. The van der Waals surface area contributed by atoms with Crippen LogP contribution in [0, 0.1) is 13.8 Å². The van der Waals surface area contributed by atoms with Crippen LogP contribution in [0.15, 0.2) is 47.4 Å². The summed E-state index contributed by atoms with van der Waals surface area (Å²) in [6.45, 7) is 4.50. The Balaban J connectivity index is 1.87. The Morgan fingerprint density at radius 2 is 1.62 bits per heavy atom. The smallest absolute Gasteiger partial charge is 0.238 e. The van der Waals surface area contributed by atoms with Crippen molar-refractivity contribution in [3.8, 4) is 0 Å². The summed E-state index contributed by atoms with van der Waals surface area (Å²) in [5.74, 6) is -0.131. The molecule has 128 valence electrons. The number of para-hydroxylation sites is 1. The van der Waals surface area contributed by atoms with Crippen LogP contribution in [0.25, 0.3) is 0 Å². The van der Waals surface area contributed by atoms with Crippen LogP contribution in [-0.2, 0) is 21.4 Å². The van der Waals surface area contributed by atoms with E-state index < -0.39 is 10.0 Å². The summed E-state index contributed by atoms with van der Waals surface area (Å²) < 4.78 is 22.4. The maximum Gasteiger partial charge on any atom is 0.238 e. The number of nitrogens with two attached hydrogens (primary N) is 1. The van der Waals surface area contributed by atoms with E-state index in [0.717, 1.165) is 22.4 Å². The first-order valence-electron chi connectivity index (χ1n) is 7.46. The van der Waals surface area contributed by atoms with E-state index >= 15 is 0 Å². The molecule has 0 saturated carbocycles. The van der Waals surface area contributed by atoms with Crippen molar-refractivity contribution in [1.29, 1.82) is 0 Å². The Morgan fingerprint density at radius 3 is 2.17 bits per heavy atom. The number of primary sulfonamides is 1. The fourth-order valence-electron chi connectivity index (χ4n) is 2.31. The number of hydrogen-bond donors (Lipinski definition) is 3. The van der Waals surface area contributed by atoms with Gasteiger partial charge in [0, 0.05) is 12.2 Å². The topological polar surface area (TPSA) is 101 Å². The molecule has 0 fully saturated rings. The standard InChI is InChI=1S/C17H21N3O3S/c1-12-4-3-5-13(2)17(12)20-16(21)11-19-10-14-6-8-15(9-7-14)24(18,22)23/h3-9,19H,10-11H2,1-2H3,(H,20,21)(H2,18,22,23). The van der Waals surface area contributed by atoms with Gasteiger partial charge in [-0.2, -0.15) is 0 Å². The van der Waals surface area contributed by atoms with Crippen molar-refractivity contribution in [2.24, 2.45) is 5.14 Å². The lowest BCUT2D eigenvalue weighted by atomic mass is 10.1. The molecule has 2 aromatic rings. The summed E-state index contributed by atoms with van der Waals surface area (Å²) in [7, 11) is -3.68. The fraction of sp³-hybridized carbons (Fsp3) is 0.235. The lowest BCUT2D eigenvalue weighted by Crippen LogP contribution is -2.28. The number of aryl methyl sites for hydroxylation is 2. The summed E-state index contributed by atoms with van der Waals surface area (Å²) in [6.07, 6.45) is 0. The average Bonchev–Trinajstić information content (AvgIpc) is 2.51. The van der Waals surface area contributed by atoms with E-state index in [4.69, 9.17) is 5.14 Å². The maximum absolute atomic E-state index is 12.0. The zero-order valence-corrected chi connectivity index (χ0v) is 14.5. The zero-order chi connectivity index (χ0) is 17.7. The van der Waals surface area contributed by atoms with Crippen molar-refractivity contribution < 1.29 is 13.2 Å². The summed E-state index contributed by atoms with van der Waals surface area (Å²) in [4.78, 5) is 12.1. The second-order valence-electron chi connectivity index (χ2n) is 5.61. The first-order chi connectivity index (χ1) is 11.3. The molecular weight excluding hydrogens is 326 g/mol. The van der Waals surface area contributed by atoms with Crippen LogP contribution in [0.4, 0.5) is 5.69 Å². The first kappa shape index (κ1) is 18.1. The molecule has 4 N–H and O–H groups in total. The third-order valence-corrected chi connectivity index (χ3v) is 4.54. The molecule has 0 aliphatic rings. The predicted octanol–water partition coefficient (Wildman–Crippen LogP) is 1.68. The molecule has 2 aromatic carbocycles. The van der Waals surface area contributed by atoms with Gasteiger partial charge in [-0.25, -0.2) is 13.6 Å². The zero-order valence-electron chi connectivity index (χ0n) is 13.7. The van der Waals surface area contributed by atoms with Gasteiger partial charge in [-0.3, -0.25) is 4.79 Å². The minimum Gasteiger partial charge on any atom is -0.324 e. The molecule has 7 heteroatoms. The molecule has 0 atom stereocenters. The number of benzene rings is 2. The lowest BCUT2D eigenvalue weighted by molar-refractivity contribution is -0.115. The van der Waals surface area contributed by atoms with Crippen molar-refractivity contribution in [3.63, 3.8) is 0 Å². The van der Waals surface area contributed by atoms with Crippen LogP contribution in [0.5, 0.6) is 0 Å². The minimum atomic E-state index is -3.68. The van der Waals surface area contributed by atoms with Crippen LogP contribution < -0.4 is 15.8 Å². The molecule has 0 aliphatic heterocycles. The molecule has 0 saturated heterocycles. The highest BCUT2D eigenvalue weighted by molar-refractivity contribution is 7.89. The van der Waals surface area contributed by atoms with Crippen LogP contribution in [-0.4, -0.2) is 20.9 Å². The second kappa shape index (κ2) is 7.57. The van der Waals surface area contributed by atoms with Gasteiger partial charge < -0.3 is 10.6 Å². The third kappa shape index (κ3) is 4.89. The summed E-state index contributed by atoms with van der Waals surface area (Å²) >= 11 is 0. The molecule has 0 heterocycles. The normalized spacial score (nSPS) is 11.3.